The molecule has 13 heteroatoms. The molecular formula is C30H51N7O6. The van der Waals surface area contributed by atoms with E-state index in [2.05, 4.69) is 21.3 Å². The quantitative estimate of drug-likeness (QED) is 0.0679. The number of unbranched alkanes of at least 4 members (excludes halogenated alkanes) is 2. The summed E-state index contributed by atoms with van der Waals surface area (Å²) in [5.74, 6) is -2.04. The lowest BCUT2D eigenvalue weighted by Gasteiger charge is -2.26. The van der Waals surface area contributed by atoms with Gasteiger partial charge in [0.1, 0.15) is 30.2 Å². The lowest BCUT2D eigenvalue weighted by atomic mass is 10.0. The van der Waals surface area contributed by atoms with E-state index >= 15 is 0 Å². The number of amides is 4. The minimum Gasteiger partial charge on any atom is -0.508 e. The van der Waals surface area contributed by atoms with Gasteiger partial charge in [-0.25, -0.2) is 0 Å². The van der Waals surface area contributed by atoms with Gasteiger partial charge < -0.3 is 48.4 Å². The Bertz CT molecular complexity index is 1020. The number of phenolic OH excluding ortho intramolecular Hbond substituents is 1. The Morgan fingerprint density at radius 3 is 1.65 bits per heavy atom. The maximum atomic E-state index is 13.6. The number of nitrogens with one attached hydrogen (secondary N) is 4. The molecule has 0 heterocycles. The normalized spacial score (nSPS) is 14.6. The monoisotopic (exact) mass is 605 g/mol. The Labute approximate surface area is 254 Å². The van der Waals surface area contributed by atoms with Crippen LogP contribution in [-0.4, -0.2) is 78.3 Å². The standard InChI is InChI=1S/C30H51N7O6/c1-19(2)16-22(18-38)34-30(43)26(17-21-10-12-23(39)13-11-21)37-29(42)25(9-5-7-15-32)36-28(41)24(8-4-6-14-31)35-27(40)20(3)33/h10-13,18-20,22,24-26,39H,4-9,14-17,31-33H2,1-3H3,(H,34,43)(H,35,40)(H,36,41)(H,37,42)/t20-,22-,24-,25-,26-/m0/s1. The van der Waals surface area contributed by atoms with Gasteiger partial charge in [0.25, 0.3) is 0 Å². The highest BCUT2D eigenvalue weighted by Gasteiger charge is 2.30. The molecule has 43 heavy (non-hydrogen) atoms. The van der Waals surface area contributed by atoms with Crippen molar-refractivity contribution in [1.29, 1.82) is 0 Å². The summed E-state index contributed by atoms with van der Waals surface area (Å²) in [5, 5.41) is 20.5. The molecule has 0 bridgehead atoms. The van der Waals surface area contributed by atoms with Gasteiger partial charge in [0.15, 0.2) is 0 Å². The second-order valence-electron chi connectivity index (χ2n) is 11.3. The summed E-state index contributed by atoms with van der Waals surface area (Å²) in [5.41, 5.74) is 17.6. The van der Waals surface area contributed by atoms with Crippen molar-refractivity contribution >= 4 is 29.9 Å². The van der Waals surface area contributed by atoms with E-state index in [1.54, 1.807) is 12.1 Å². The molecular weight excluding hydrogens is 554 g/mol. The zero-order valence-corrected chi connectivity index (χ0v) is 25.6. The SMILES string of the molecule is CC(C)C[C@@H](C=O)NC(=O)[C@H](Cc1ccc(O)cc1)NC(=O)[C@H](CCCCN)NC(=O)[C@H](CCCCN)NC(=O)[C@H](C)N. The van der Waals surface area contributed by atoms with Crippen LogP contribution in [0.2, 0.25) is 0 Å². The first-order valence-electron chi connectivity index (χ1n) is 15.0. The molecule has 13 nitrogen and oxygen atoms in total. The third-order valence-electron chi connectivity index (χ3n) is 6.80. The van der Waals surface area contributed by atoms with Crippen molar-refractivity contribution in [2.24, 2.45) is 23.1 Å². The first-order valence-corrected chi connectivity index (χ1v) is 15.0. The van der Waals surface area contributed by atoms with Crippen LogP contribution >= 0.6 is 0 Å². The van der Waals surface area contributed by atoms with Crippen molar-refractivity contribution in [2.75, 3.05) is 13.1 Å². The van der Waals surface area contributed by atoms with Crippen LogP contribution in [0.15, 0.2) is 24.3 Å². The number of carbonyl (C=O) groups excluding carboxylic acids is 5. The minimum absolute atomic E-state index is 0.0477. The maximum Gasteiger partial charge on any atom is 0.243 e. The largest absolute Gasteiger partial charge is 0.508 e. The third kappa shape index (κ3) is 15.0. The molecule has 0 aliphatic carbocycles. The highest BCUT2D eigenvalue weighted by Crippen LogP contribution is 2.13. The number of phenols is 1. The molecule has 0 fully saturated rings. The molecule has 0 aromatic heterocycles. The summed E-state index contributed by atoms with van der Waals surface area (Å²) in [6, 6.07) is 1.56. The van der Waals surface area contributed by atoms with Gasteiger partial charge in [-0.15, -0.1) is 0 Å². The second kappa shape index (κ2) is 20.4. The van der Waals surface area contributed by atoms with Crippen molar-refractivity contribution in [3.63, 3.8) is 0 Å². The molecule has 0 radical (unpaired) electrons. The van der Waals surface area contributed by atoms with Crippen LogP contribution in [0.3, 0.4) is 0 Å². The van der Waals surface area contributed by atoms with Gasteiger partial charge in [-0.05, 0) is 88.6 Å². The number of hydrogen-bond donors (Lipinski definition) is 8. The van der Waals surface area contributed by atoms with Crippen molar-refractivity contribution in [3.8, 4) is 5.75 Å². The van der Waals surface area contributed by atoms with E-state index in [1.165, 1.54) is 19.1 Å². The Balaban J connectivity index is 3.22. The smallest absolute Gasteiger partial charge is 0.243 e. The van der Waals surface area contributed by atoms with Gasteiger partial charge in [0, 0.05) is 6.42 Å². The van der Waals surface area contributed by atoms with Crippen LogP contribution in [-0.2, 0) is 30.4 Å². The zero-order valence-electron chi connectivity index (χ0n) is 25.6. The van der Waals surface area contributed by atoms with Gasteiger partial charge >= 0.3 is 0 Å². The first kappa shape index (κ1) is 37.5. The molecule has 1 aromatic carbocycles. The fourth-order valence-electron chi connectivity index (χ4n) is 4.39. The molecule has 0 aliphatic rings. The highest BCUT2D eigenvalue weighted by molar-refractivity contribution is 5.95. The average Bonchev–Trinajstić information content (AvgIpc) is 2.96. The number of rotatable bonds is 21. The molecule has 0 unspecified atom stereocenters. The fourth-order valence-corrected chi connectivity index (χ4v) is 4.39. The predicted octanol–water partition coefficient (Wildman–Crippen LogP) is -0.276. The van der Waals surface area contributed by atoms with Gasteiger partial charge in [-0.1, -0.05) is 26.0 Å². The van der Waals surface area contributed by atoms with E-state index < -0.39 is 53.8 Å². The van der Waals surface area contributed by atoms with E-state index in [9.17, 15) is 29.1 Å². The topological polar surface area (TPSA) is 232 Å². The highest BCUT2D eigenvalue weighted by atomic mass is 16.3. The second-order valence-corrected chi connectivity index (χ2v) is 11.3. The number of aromatic hydroxyl groups is 1. The molecule has 0 saturated carbocycles. The molecule has 0 spiro atoms. The van der Waals surface area contributed by atoms with Crippen LogP contribution in [0.1, 0.15) is 71.3 Å². The molecule has 0 aliphatic heterocycles. The summed E-state index contributed by atoms with van der Waals surface area (Å²) < 4.78 is 0. The number of carbonyl (C=O) groups is 5. The molecule has 5 atom stereocenters. The van der Waals surface area contributed by atoms with Crippen LogP contribution in [0.4, 0.5) is 0 Å². The molecule has 1 rings (SSSR count). The Hall–Kier alpha value is -3.55. The number of aldehydes is 1. The molecule has 1 aromatic rings. The molecule has 4 amide bonds. The summed E-state index contributed by atoms with van der Waals surface area (Å²) in [4.78, 5) is 64.2. The third-order valence-corrected chi connectivity index (χ3v) is 6.80. The molecule has 242 valence electrons. The Morgan fingerprint density at radius 1 is 0.744 bits per heavy atom. The fraction of sp³-hybridized carbons (Fsp3) is 0.633. The predicted molar refractivity (Wildman–Crippen MR) is 165 cm³/mol. The minimum atomic E-state index is -1.08. The van der Waals surface area contributed by atoms with Crippen LogP contribution < -0.4 is 38.5 Å². The summed E-state index contributed by atoms with van der Waals surface area (Å²) in [6.45, 7) is 6.16. The summed E-state index contributed by atoms with van der Waals surface area (Å²) in [7, 11) is 0. The van der Waals surface area contributed by atoms with Crippen LogP contribution in [0.25, 0.3) is 0 Å². The van der Waals surface area contributed by atoms with Crippen molar-refractivity contribution in [2.45, 2.75) is 102 Å². The lowest BCUT2D eigenvalue weighted by molar-refractivity contribution is -0.134. The maximum absolute atomic E-state index is 13.6. The van der Waals surface area contributed by atoms with Gasteiger partial charge in [0.05, 0.1) is 12.1 Å². The zero-order chi connectivity index (χ0) is 32.4. The lowest BCUT2D eigenvalue weighted by Crippen LogP contribution is -2.58. The van der Waals surface area contributed by atoms with E-state index in [0.29, 0.717) is 63.5 Å². The molecule has 11 N–H and O–H groups in total. The van der Waals surface area contributed by atoms with Crippen LogP contribution in [0.5, 0.6) is 5.75 Å². The van der Waals surface area contributed by atoms with E-state index in [1.807, 2.05) is 13.8 Å². The van der Waals surface area contributed by atoms with Gasteiger partial charge in [0.2, 0.25) is 23.6 Å². The van der Waals surface area contributed by atoms with Gasteiger partial charge in [-0.3, -0.25) is 19.2 Å². The Kier molecular flexibility index (Phi) is 17.8. The van der Waals surface area contributed by atoms with Crippen molar-refractivity contribution < 1.29 is 29.1 Å². The Morgan fingerprint density at radius 2 is 1.21 bits per heavy atom. The number of hydrogen-bond acceptors (Lipinski definition) is 9. The van der Waals surface area contributed by atoms with E-state index in [4.69, 9.17) is 17.2 Å². The number of nitrogens with two attached hydrogens (primary N) is 3. The van der Waals surface area contributed by atoms with Crippen molar-refractivity contribution in [1.82, 2.24) is 21.3 Å². The van der Waals surface area contributed by atoms with Gasteiger partial charge in [-0.2, -0.15) is 0 Å². The van der Waals surface area contributed by atoms with E-state index in [0.717, 1.165) is 0 Å². The summed E-state index contributed by atoms with van der Waals surface area (Å²) >= 11 is 0. The molecule has 0 saturated heterocycles. The van der Waals surface area contributed by atoms with Crippen molar-refractivity contribution in [3.05, 3.63) is 29.8 Å². The number of benzene rings is 1. The first-order chi connectivity index (χ1) is 20.4. The van der Waals surface area contributed by atoms with Crippen LogP contribution in [0, 0.1) is 5.92 Å². The average molecular weight is 606 g/mol. The van der Waals surface area contributed by atoms with E-state index in [-0.39, 0.29) is 24.5 Å². The summed E-state index contributed by atoms with van der Waals surface area (Å²) in [6.07, 6.45) is 4.04.